The molecule has 0 bridgehead atoms. The molecule has 3 N–H and O–H groups in total. The lowest BCUT2D eigenvalue weighted by Crippen LogP contribution is -2.58. The fraction of sp³-hybridized carbons (Fsp3) is 0.794. The Balaban J connectivity index is 2.51. The van der Waals surface area contributed by atoms with Gasteiger partial charge in [0.25, 0.3) is 5.91 Å². The number of aromatic nitrogens is 1. The minimum absolute atomic E-state index is 0.0892. The zero-order valence-corrected chi connectivity index (χ0v) is 30.6. The van der Waals surface area contributed by atoms with Gasteiger partial charge >= 0.3 is 12.1 Å². The molecule has 1 aromatic rings. The molecule has 2 heterocycles. The molecule has 13 heteroatoms. The van der Waals surface area contributed by atoms with Crippen LogP contribution in [0.3, 0.4) is 0 Å². The maximum Gasteiger partial charge on any atom is 0.407 e. The van der Waals surface area contributed by atoms with Crippen molar-refractivity contribution in [3.05, 3.63) is 16.1 Å². The van der Waals surface area contributed by atoms with Crippen LogP contribution in [0.25, 0.3) is 0 Å². The summed E-state index contributed by atoms with van der Waals surface area (Å²) in [7, 11) is 1.95. The number of hydroxylamine groups is 2. The number of carboxylic acids is 1. The van der Waals surface area contributed by atoms with Crippen molar-refractivity contribution in [2.75, 3.05) is 26.7 Å². The van der Waals surface area contributed by atoms with E-state index in [2.05, 4.69) is 27.4 Å². The van der Waals surface area contributed by atoms with Gasteiger partial charge in [-0.05, 0) is 65.0 Å². The molecular weight excluding hydrogens is 622 g/mol. The van der Waals surface area contributed by atoms with Crippen LogP contribution in [0.2, 0.25) is 0 Å². The zero-order valence-electron chi connectivity index (χ0n) is 29.8. The highest BCUT2D eigenvalue weighted by atomic mass is 32.1. The lowest BCUT2D eigenvalue weighted by molar-refractivity contribution is -0.211. The Morgan fingerprint density at radius 1 is 1.11 bits per heavy atom. The lowest BCUT2D eigenvalue weighted by Gasteiger charge is -2.39. The van der Waals surface area contributed by atoms with E-state index in [1.54, 1.807) is 13.8 Å². The SMILES string of the molecule is CCCCCCON(C(=O)[C@@H](NC(=O)[C@H]1CCCCN1C)[C@@H](C)CC)[C@H](C[C@H](c1nc(C(=O)O)cs1)[C@@H](C)OC(=O)NCC)C(C)C. The Morgan fingerprint density at radius 3 is 2.40 bits per heavy atom. The summed E-state index contributed by atoms with van der Waals surface area (Å²) in [5, 5.41) is 18.8. The topological polar surface area (TPSA) is 150 Å². The number of nitrogens with zero attached hydrogens (tertiary/aromatic N) is 3. The van der Waals surface area contributed by atoms with Gasteiger partial charge in [-0.15, -0.1) is 11.3 Å². The highest BCUT2D eigenvalue weighted by Crippen LogP contribution is 2.34. The van der Waals surface area contributed by atoms with Crippen molar-refractivity contribution in [2.45, 2.75) is 136 Å². The Morgan fingerprint density at radius 2 is 1.83 bits per heavy atom. The molecule has 1 fully saturated rings. The summed E-state index contributed by atoms with van der Waals surface area (Å²) in [6.45, 7) is 15.2. The number of hydrogen-bond donors (Lipinski definition) is 3. The van der Waals surface area contributed by atoms with Crippen molar-refractivity contribution < 1.29 is 33.9 Å². The summed E-state index contributed by atoms with van der Waals surface area (Å²) in [5.41, 5.74) is -0.0892. The normalized spacial score (nSPS) is 18.5. The summed E-state index contributed by atoms with van der Waals surface area (Å²) >= 11 is 1.19. The van der Waals surface area contributed by atoms with E-state index in [1.807, 2.05) is 34.7 Å². The minimum atomic E-state index is -1.15. The van der Waals surface area contributed by atoms with Gasteiger partial charge in [0.15, 0.2) is 5.69 Å². The molecule has 0 saturated carbocycles. The number of unbranched alkanes of at least 4 members (excludes halogenated alkanes) is 3. The number of thiazole rings is 1. The van der Waals surface area contributed by atoms with Gasteiger partial charge in [-0.2, -0.15) is 0 Å². The molecule has 47 heavy (non-hydrogen) atoms. The molecule has 0 aliphatic carbocycles. The van der Waals surface area contributed by atoms with E-state index < -0.39 is 36.2 Å². The number of rotatable bonds is 20. The molecule has 1 aliphatic heterocycles. The molecule has 6 atom stereocenters. The molecular formula is C34H59N5O7S. The molecule has 268 valence electrons. The average molecular weight is 682 g/mol. The summed E-state index contributed by atoms with van der Waals surface area (Å²) in [5.74, 6) is -2.42. The number of hydrogen-bond acceptors (Lipinski definition) is 9. The Bertz CT molecular complexity index is 1130. The van der Waals surface area contributed by atoms with E-state index in [4.69, 9.17) is 9.57 Å². The van der Waals surface area contributed by atoms with Gasteiger partial charge in [-0.25, -0.2) is 19.6 Å². The third-order valence-electron chi connectivity index (χ3n) is 9.10. The van der Waals surface area contributed by atoms with Crippen LogP contribution in [0, 0.1) is 11.8 Å². The Labute approximate surface area is 285 Å². The molecule has 0 radical (unpaired) electrons. The summed E-state index contributed by atoms with van der Waals surface area (Å²) < 4.78 is 5.72. The number of aromatic carboxylic acids is 1. The largest absolute Gasteiger partial charge is 0.476 e. The van der Waals surface area contributed by atoms with Crippen molar-refractivity contribution in [3.63, 3.8) is 0 Å². The van der Waals surface area contributed by atoms with E-state index in [0.29, 0.717) is 24.6 Å². The standard InChI is InChI=1S/C34H59N5O7S/c1-9-12-13-16-19-45-39(32(41)29(23(6)10-2)37-30(40)27-17-14-15-18-38(27)8)28(22(4)5)20-25(24(7)46-34(44)35-11-3)31-36-26(21-47-31)33(42)43/h21-25,27-29H,9-20H2,1-8H3,(H,35,44)(H,37,40)(H,42,43)/t23-,24+,25-,27+,28+,29-/m0/s1. The van der Waals surface area contributed by atoms with Crippen LogP contribution in [-0.4, -0.2) is 94.9 Å². The number of amides is 3. The summed E-state index contributed by atoms with van der Waals surface area (Å²) in [4.78, 5) is 65.2. The second kappa shape index (κ2) is 20.6. The van der Waals surface area contributed by atoms with Crippen molar-refractivity contribution >= 4 is 35.2 Å². The van der Waals surface area contributed by atoms with Gasteiger partial charge in [0.05, 0.1) is 18.7 Å². The molecule has 0 unspecified atom stereocenters. The number of ether oxygens (including phenoxy) is 1. The number of carbonyl (C=O) groups is 4. The highest BCUT2D eigenvalue weighted by molar-refractivity contribution is 7.09. The van der Waals surface area contributed by atoms with Gasteiger partial charge < -0.3 is 20.5 Å². The number of likely N-dealkylation sites (tertiary alicyclic amines) is 1. The monoisotopic (exact) mass is 681 g/mol. The van der Waals surface area contributed by atoms with Crippen LogP contribution < -0.4 is 10.6 Å². The number of carboxylic acid groups (broad SMARTS) is 1. The quantitative estimate of drug-likeness (QED) is 0.114. The van der Waals surface area contributed by atoms with Crippen molar-refractivity contribution in [3.8, 4) is 0 Å². The van der Waals surface area contributed by atoms with E-state index in [0.717, 1.165) is 51.5 Å². The summed E-state index contributed by atoms with van der Waals surface area (Å²) in [6.07, 6.45) is 6.27. The van der Waals surface area contributed by atoms with Crippen LogP contribution in [0.4, 0.5) is 4.79 Å². The number of nitrogens with one attached hydrogen (secondary N) is 2. The van der Waals surface area contributed by atoms with Gasteiger partial charge in [-0.1, -0.05) is 66.7 Å². The van der Waals surface area contributed by atoms with E-state index >= 15 is 0 Å². The van der Waals surface area contributed by atoms with Gasteiger partial charge in [0.2, 0.25) is 5.91 Å². The van der Waals surface area contributed by atoms with Gasteiger partial charge in [0, 0.05) is 17.8 Å². The predicted octanol–water partition coefficient (Wildman–Crippen LogP) is 5.83. The number of alkyl carbamates (subject to hydrolysis) is 1. The number of likely N-dealkylation sites (N-methyl/N-ethyl adjacent to an activating group) is 1. The molecule has 3 amide bonds. The first kappa shape index (κ1) is 40.4. The Hall–Kier alpha value is -2.77. The first-order valence-electron chi connectivity index (χ1n) is 17.5. The van der Waals surface area contributed by atoms with Crippen molar-refractivity contribution in [1.82, 2.24) is 25.6 Å². The second-order valence-electron chi connectivity index (χ2n) is 13.1. The third kappa shape index (κ3) is 12.3. The van der Waals surface area contributed by atoms with Crippen molar-refractivity contribution in [1.29, 1.82) is 0 Å². The van der Waals surface area contributed by atoms with E-state index in [-0.39, 0.29) is 41.8 Å². The number of carbonyl (C=O) groups excluding carboxylic acids is 3. The van der Waals surface area contributed by atoms with Gasteiger partial charge in [0.1, 0.15) is 17.2 Å². The smallest absolute Gasteiger partial charge is 0.407 e. The first-order valence-corrected chi connectivity index (χ1v) is 18.3. The molecule has 1 aliphatic rings. The minimum Gasteiger partial charge on any atom is -0.476 e. The average Bonchev–Trinajstić information content (AvgIpc) is 3.52. The van der Waals surface area contributed by atoms with E-state index in [1.165, 1.54) is 21.8 Å². The second-order valence-corrected chi connectivity index (χ2v) is 14.0. The van der Waals surface area contributed by atoms with Crippen LogP contribution in [0.5, 0.6) is 0 Å². The molecule has 2 rings (SSSR count). The predicted molar refractivity (Wildman–Crippen MR) is 183 cm³/mol. The first-order chi connectivity index (χ1) is 22.4. The van der Waals surface area contributed by atoms with Crippen LogP contribution in [0.15, 0.2) is 5.38 Å². The lowest BCUT2D eigenvalue weighted by atomic mass is 9.88. The summed E-state index contributed by atoms with van der Waals surface area (Å²) in [6, 6.07) is -1.60. The van der Waals surface area contributed by atoms with Crippen LogP contribution in [0.1, 0.15) is 128 Å². The maximum absolute atomic E-state index is 14.6. The fourth-order valence-corrected chi connectivity index (χ4v) is 6.88. The molecule has 0 spiro atoms. The van der Waals surface area contributed by atoms with Crippen LogP contribution >= 0.6 is 11.3 Å². The Kier molecular flexibility index (Phi) is 17.7. The van der Waals surface area contributed by atoms with Crippen molar-refractivity contribution in [2.24, 2.45) is 11.8 Å². The number of piperidine rings is 1. The molecule has 1 aromatic heterocycles. The molecule has 12 nitrogen and oxygen atoms in total. The van der Waals surface area contributed by atoms with Crippen LogP contribution in [-0.2, 0) is 19.2 Å². The fourth-order valence-electron chi connectivity index (χ4n) is 5.88. The molecule has 1 saturated heterocycles. The van der Waals surface area contributed by atoms with Gasteiger partial charge in [-0.3, -0.25) is 19.3 Å². The zero-order chi connectivity index (χ0) is 35.1. The highest BCUT2D eigenvalue weighted by Gasteiger charge is 2.40. The third-order valence-corrected chi connectivity index (χ3v) is 10.1. The maximum atomic E-state index is 14.6. The molecule has 0 aromatic carbocycles. The van der Waals surface area contributed by atoms with E-state index in [9.17, 15) is 24.3 Å².